The second kappa shape index (κ2) is 5.29. The molecule has 1 aromatic heterocycles. The van der Waals surface area contributed by atoms with Gasteiger partial charge in [0, 0.05) is 11.1 Å². The molecule has 0 radical (unpaired) electrons. The predicted octanol–water partition coefficient (Wildman–Crippen LogP) is 4.10. The highest BCUT2D eigenvalue weighted by atomic mass is 19.3. The van der Waals surface area contributed by atoms with Gasteiger partial charge < -0.3 is 5.73 Å². The van der Waals surface area contributed by atoms with Crippen LogP contribution in [0, 0.1) is 0 Å². The van der Waals surface area contributed by atoms with Gasteiger partial charge in [-0.3, -0.25) is 0 Å². The zero-order chi connectivity index (χ0) is 13.1. The molecule has 96 valence electrons. The van der Waals surface area contributed by atoms with Crippen LogP contribution in [0.4, 0.5) is 14.5 Å². The molecule has 0 fully saturated rings. The number of anilines is 1. The molecule has 2 N–H and O–H groups in total. The van der Waals surface area contributed by atoms with Gasteiger partial charge >= 0.3 is 0 Å². The molecule has 0 bridgehead atoms. The van der Waals surface area contributed by atoms with Crippen LogP contribution in [0.2, 0.25) is 0 Å². The molecule has 2 aromatic rings. The number of rotatable bonds is 4. The molecule has 0 spiro atoms. The van der Waals surface area contributed by atoms with E-state index >= 15 is 0 Å². The minimum absolute atomic E-state index is 0.263. The van der Waals surface area contributed by atoms with Crippen molar-refractivity contribution in [2.75, 3.05) is 5.73 Å². The Balaban J connectivity index is 2.44. The van der Waals surface area contributed by atoms with Crippen molar-refractivity contribution < 1.29 is 8.78 Å². The third-order valence-corrected chi connectivity index (χ3v) is 2.97. The van der Waals surface area contributed by atoms with Gasteiger partial charge in [-0.25, -0.2) is 13.8 Å². The van der Waals surface area contributed by atoms with Crippen LogP contribution in [0.3, 0.4) is 0 Å². The predicted molar refractivity (Wildman–Crippen MR) is 69.7 cm³/mol. The van der Waals surface area contributed by atoms with Gasteiger partial charge in [0.05, 0.1) is 5.52 Å². The van der Waals surface area contributed by atoms with E-state index in [0.717, 1.165) is 24.6 Å². The number of pyridine rings is 1. The van der Waals surface area contributed by atoms with E-state index in [1.165, 1.54) is 11.6 Å². The maximum Gasteiger partial charge on any atom is 0.280 e. The lowest BCUT2D eigenvalue weighted by atomic mass is 10.0. The largest absolute Gasteiger partial charge is 0.398 e. The lowest BCUT2D eigenvalue weighted by Crippen LogP contribution is -1.97. The lowest BCUT2D eigenvalue weighted by Gasteiger charge is -2.07. The number of nitrogen functional groups attached to an aromatic ring is 1. The normalized spacial score (nSPS) is 11.3. The first-order chi connectivity index (χ1) is 8.61. The van der Waals surface area contributed by atoms with E-state index in [1.807, 2.05) is 12.1 Å². The molecule has 0 aliphatic heterocycles. The Morgan fingerprint density at radius 2 is 2.06 bits per heavy atom. The molecule has 4 heteroatoms. The molecule has 18 heavy (non-hydrogen) atoms. The van der Waals surface area contributed by atoms with E-state index in [9.17, 15) is 8.78 Å². The molecule has 0 saturated carbocycles. The van der Waals surface area contributed by atoms with Crippen molar-refractivity contribution in [3.8, 4) is 0 Å². The van der Waals surface area contributed by atoms with Crippen molar-refractivity contribution in [3.05, 3.63) is 35.5 Å². The third kappa shape index (κ3) is 2.58. The Bertz CT molecular complexity index is 553. The number of alkyl halides is 2. The first-order valence-electron chi connectivity index (χ1n) is 6.09. The third-order valence-electron chi connectivity index (χ3n) is 2.97. The van der Waals surface area contributed by atoms with Gasteiger partial charge in [-0.2, -0.15) is 0 Å². The van der Waals surface area contributed by atoms with Crippen molar-refractivity contribution in [2.24, 2.45) is 0 Å². The Morgan fingerprint density at radius 1 is 1.28 bits per heavy atom. The average Bonchev–Trinajstić information content (AvgIpc) is 2.36. The van der Waals surface area contributed by atoms with E-state index < -0.39 is 6.43 Å². The summed E-state index contributed by atoms with van der Waals surface area (Å²) in [6.07, 6.45) is 0.614. The second-order valence-corrected chi connectivity index (χ2v) is 4.39. The van der Waals surface area contributed by atoms with Crippen molar-refractivity contribution in [1.29, 1.82) is 0 Å². The maximum absolute atomic E-state index is 12.6. The number of nitrogens with zero attached hydrogens (tertiary/aromatic N) is 1. The molecule has 0 saturated heterocycles. The van der Waals surface area contributed by atoms with Gasteiger partial charge in [-0.15, -0.1) is 0 Å². The number of fused-ring (bicyclic) bond motifs is 1. The van der Waals surface area contributed by atoms with Crippen LogP contribution in [0.1, 0.15) is 37.4 Å². The summed E-state index contributed by atoms with van der Waals surface area (Å²) in [7, 11) is 0. The molecule has 0 unspecified atom stereocenters. The van der Waals surface area contributed by atoms with E-state index in [-0.39, 0.29) is 5.69 Å². The fourth-order valence-electron chi connectivity index (χ4n) is 1.97. The number of hydrogen-bond acceptors (Lipinski definition) is 2. The molecule has 1 heterocycles. The van der Waals surface area contributed by atoms with Crippen molar-refractivity contribution in [2.45, 2.75) is 32.6 Å². The van der Waals surface area contributed by atoms with Gasteiger partial charge in [-0.1, -0.05) is 19.4 Å². The quantitative estimate of drug-likeness (QED) is 0.887. The van der Waals surface area contributed by atoms with Gasteiger partial charge in [0.25, 0.3) is 6.43 Å². The summed E-state index contributed by atoms with van der Waals surface area (Å²) in [4.78, 5) is 3.93. The highest BCUT2D eigenvalue weighted by Gasteiger charge is 2.12. The van der Waals surface area contributed by atoms with Crippen molar-refractivity contribution in [1.82, 2.24) is 4.98 Å². The van der Waals surface area contributed by atoms with Crippen LogP contribution in [0.15, 0.2) is 24.3 Å². The summed E-state index contributed by atoms with van der Waals surface area (Å²) in [6, 6.07) is 6.90. The first kappa shape index (κ1) is 12.7. The minimum atomic E-state index is -2.59. The number of unbranched alkanes of at least 4 members (excludes halogenated alkanes) is 1. The minimum Gasteiger partial charge on any atom is -0.398 e. The van der Waals surface area contributed by atoms with Crippen LogP contribution >= 0.6 is 0 Å². The molecule has 0 aliphatic rings. The van der Waals surface area contributed by atoms with Crippen LogP contribution in [0.5, 0.6) is 0 Å². The zero-order valence-corrected chi connectivity index (χ0v) is 10.3. The Morgan fingerprint density at radius 3 is 2.72 bits per heavy atom. The second-order valence-electron chi connectivity index (χ2n) is 4.39. The van der Waals surface area contributed by atoms with Crippen molar-refractivity contribution in [3.63, 3.8) is 0 Å². The van der Waals surface area contributed by atoms with E-state index in [0.29, 0.717) is 11.2 Å². The maximum atomic E-state index is 12.6. The van der Waals surface area contributed by atoms with Crippen molar-refractivity contribution >= 4 is 16.6 Å². The summed E-state index contributed by atoms with van der Waals surface area (Å²) in [5.74, 6) is 0. The van der Waals surface area contributed by atoms with Crippen LogP contribution < -0.4 is 5.73 Å². The summed E-state index contributed by atoms with van der Waals surface area (Å²) >= 11 is 0. The highest BCUT2D eigenvalue weighted by Crippen LogP contribution is 2.26. The van der Waals surface area contributed by atoms with Crippen LogP contribution in [0.25, 0.3) is 10.9 Å². The molecule has 2 rings (SSSR count). The van der Waals surface area contributed by atoms with Gasteiger partial charge in [0.15, 0.2) is 0 Å². The molecule has 2 nitrogen and oxygen atoms in total. The fourth-order valence-corrected chi connectivity index (χ4v) is 1.97. The number of hydrogen-bond donors (Lipinski definition) is 1. The van der Waals surface area contributed by atoms with E-state index in [1.54, 1.807) is 6.07 Å². The van der Waals surface area contributed by atoms with E-state index in [2.05, 4.69) is 11.9 Å². The summed E-state index contributed by atoms with van der Waals surface area (Å²) in [5.41, 5.74) is 7.63. The Kier molecular flexibility index (Phi) is 3.75. The van der Waals surface area contributed by atoms with Gasteiger partial charge in [0.2, 0.25) is 0 Å². The summed E-state index contributed by atoms with van der Waals surface area (Å²) in [5, 5.41) is 0.757. The monoisotopic (exact) mass is 250 g/mol. The number of nitrogens with two attached hydrogens (primary N) is 1. The highest BCUT2D eigenvalue weighted by molar-refractivity contribution is 5.90. The smallest absolute Gasteiger partial charge is 0.280 e. The van der Waals surface area contributed by atoms with Gasteiger partial charge in [0.1, 0.15) is 5.69 Å². The molecule has 1 aromatic carbocycles. The first-order valence-corrected chi connectivity index (χ1v) is 6.09. The van der Waals surface area contributed by atoms with Gasteiger partial charge in [-0.05, 0) is 36.6 Å². The molecule has 0 amide bonds. The van der Waals surface area contributed by atoms with E-state index in [4.69, 9.17) is 5.73 Å². The standard InChI is InChI=1S/C14H16F2N2/c1-2-3-4-9-5-6-12-10(7-9)11(17)8-13(18-12)14(15)16/h5-8,14H,2-4H2,1H3,(H2,17,18). The number of benzene rings is 1. The zero-order valence-electron chi connectivity index (χ0n) is 10.3. The Hall–Kier alpha value is -1.71. The van der Waals surface area contributed by atoms with Crippen LogP contribution in [-0.2, 0) is 6.42 Å². The SMILES string of the molecule is CCCCc1ccc2nc(C(F)F)cc(N)c2c1. The summed E-state index contributed by atoms with van der Waals surface area (Å²) in [6.45, 7) is 2.13. The topological polar surface area (TPSA) is 38.9 Å². The van der Waals surface area contributed by atoms with Crippen LogP contribution in [-0.4, -0.2) is 4.98 Å². The number of aryl methyl sites for hydroxylation is 1. The molecule has 0 atom stereocenters. The fraction of sp³-hybridized carbons (Fsp3) is 0.357. The molecular weight excluding hydrogens is 234 g/mol. The summed E-state index contributed by atoms with van der Waals surface area (Å²) < 4.78 is 25.2. The number of halogens is 2. The average molecular weight is 250 g/mol. The lowest BCUT2D eigenvalue weighted by molar-refractivity contribution is 0.146. The number of aromatic nitrogens is 1. The Labute approximate surface area is 105 Å². The molecular formula is C14H16F2N2. The molecule has 0 aliphatic carbocycles.